The van der Waals surface area contributed by atoms with Gasteiger partial charge in [-0.2, -0.15) is 0 Å². The second-order valence-corrected chi connectivity index (χ2v) is 16.9. The van der Waals surface area contributed by atoms with E-state index in [0.717, 1.165) is 77.0 Å². The number of hydrogen-bond donors (Lipinski definition) is 0. The van der Waals surface area contributed by atoms with Gasteiger partial charge in [0.1, 0.15) is 11.5 Å². The van der Waals surface area contributed by atoms with Crippen LogP contribution in [0.4, 0.5) is 9.59 Å². The lowest BCUT2D eigenvalue weighted by Gasteiger charge is -2.14. The molecule has 374 valence electrons. The molecular formula is C56H66O14. The first-order valence-corrected chi connectivity index (χ1v) is 24.7. The Balaban J connectivity index is 1.59. The molecule has 4 aromatic rings. The fourth-order valence-corrected chi connectivity index (χ4v) is 7.43. The first-order valence-electron chi connectivity index (χ1n) is 24.7. The molecule has 0 atom stereocenters. The molecule has 0 spiro atoms. The zero-order chi connectivity index (χ0) is 50.7. The van der Waals surface area contributed by atoms with E-state index in [9.17, 15) is 38.4 Å². The number of ether oxygens (including phenoxy) is 4. The van der Waals surface area contributed by atoms with E-state index in [2.05, 4.69) is 13.8 Å². The number of rotatable bonds is 30. The highest BCUT2D eigenvalue weighted by atomic mass is 17.2. The third kappa shape index (κ3) is 17.5. The maximum Gasteiger partial charge on any atom is 0.513 e. The van der Waals surface area contributed by atoms with Gasteiger partial charge in [0.2, 0.25) is 0 Å². The number of Topliss-reactive ketones (excluding diaryl/α,β-unsaturated/α-hetero) is 2. The van der Waals surface area contributed by atoms with Crippen LogP contribution in [0.1, 0.15) is 217 Å². The minimum absolute atomic E-state index is 0.0925. The monoisotopic (exact) mass is 962 g/mol. The van der Waals surface area contributed by atoms with E-state index in [1.165, 1.54) is 84.9 Å². The van der Waals surface area contributed by atoms with Crippen LogP contribution in [0.2, 0.25) is 0 Å². The summed E-state index contributed by atoms with van der Waals surface area (Å²) in [6, 6.07) is 19.2. The predicted octanol–water partition coefficient (Wildman–Crippen LogP) is 13.6. The highest BCUT2D eigenvalue weighted by molar-refractivity contribution is 6.18. The van der Waals surface area contributed by atoms with Crippen LogP contribution in [0, 0.1) is 0 Å². The third-order valence-corrected chi connectivity index (χ3v) is 11.4. The molecule has 14 nitrogen and oxygen atoms in total. The molecule has 0 heterocycles. The molecule has 0 fully saturated rings. The molecule has 0 aliphatic rings. The molecule has 0 aromatic heterocycles. The van der Waals surface area contributed by atoms with E-state index >= 15 is 0 Å². The van der Waals surface area contributed by atoms with Crippen LogP contribution < -0.4 is 9.47 Å². The lowest BCUT2D eigenvalue weighted by atomic mass is 9.94. The number of benzene rings is 4. The van der Waals surface area contributed by atoms with Crippen molar-refractivity contribution < 1.29 is 67.1 Å². The predicted molar refractivity (Wildman–Crippen MR) is 262 cm³/mol. The van der Waals surface area contributed by atoms with E-state index < -0.39 is 35.8 Å². The summed E-state index contributed by atoms with van der Waals surface area (Å²) in [6.07, 6.45) is 12.2. The number of carbonyl (C=O) groups excluding carboxylic acids is 8. The smallest absolute Gasteiger partial charge is 0.434 e. The molecule has 0 saturated carbocycles. The van der Waals surface area contributed by atoms with Gasteiger partial charge in [-0.25, -0.2) is 29.0 Å². The number of unbranched alkanes of at least 4 members (excludes halogenated alkanes) is 12. The maximum atomic E-state index is 14.4. The fraction of sp³-hybridized carbons (Fsp3) is 0.429. The Kier molecular flexibility index (Phi) is 24.2. The Labute approximate surface area is 410 Å². The number of ketones is 4. The number of carbonyl (C=O) groups is 8. The van der Waals surface area contributed by atoms with Crippen LogP contribution in [0.5, 0.6) is 11.5 Å². The van der Waals surface area contributed by atoms with Gasteiger partial charge in [0.05, 0.1) is 35.5 Å². The molecule has 0 aliphatic carbocycles. The van der Waals surface area contributed by atoms with Crippen LogP contribution in [0.3, 0.4) is 0 Å². The van der Waals surface area contributed by atoms with Crippen molar-refractivity contribution in [2.24, 2.45) is 0 Å². The van der Waals surface area contributed by atoms with Gasteiger partial charge >= 0.3 is 24.2 Å². The summed E-state index contributed by atoms with van der Waals surface area (Å²) in [5, 5.41) is 0. The summed E-state index contributed by atoms with van der Waals surface area (Å²) in [7, 11) is 0. The van der Waals surface area contributed by atoms with E-state index in [1.54, 1.807) is 0 Å². The minimum atomic E-state index is -1.27. The van der Waals surface area contributed by atoms with Gasteiger partial charge in [-0.1, -0.05) is 141 Å². The Morgan fingerprint density at radius 2 is 0.714 bits per heavy atom. The van der Waals surface area contributed by atoms with Crippen molar-refractivity contribution >= 4 is 47.4 Å². The average molecular weight is 963 g/mol. The van der Waals surface area contributed by atoms with E-state index in [1.807, 2.05) is 13.8 Å². The van der Waals surface area contributed by atoms with E-state index in [0.29, 0.717) is 25.7 Å². The summed E-state index contributed by atoms with van der Waals surface area (Å²) in [5.41, 5.74) is -1.20. The molecule has 0 N–H and O–H groups in total. The second kappa shape index (κ2) is 30.5. The van der Waals surface area contributed by atoms with Crippen LogP contribution in [0.25, 0.3) is 0 Å². The van der Waals surface area contributed by atoms with Crippen molar-refractivity contribution in [3.63, 3.8) is 0 Å². The van der Waals surface area contributed by atoms with Gasteiger partial charge in [0.15, 0.2) is 23.1 Å². The van der Waals surface area contributed by atoms with Gasteiger partial charge in [-0.15, -0.1) is 0 Å². The van der Waals surface area contributed by atoms with Crippen LogP contribution in [-0.4, -0.2) is 60.6 Å². The second-order valence-electron chi connectivity index (χ2n) is 16.9. The zero-order valence-corrected chi connectivity index (χ0v) is 40.9. The van der Waals surface area contributed by atoms with Gasteiger partial charge in [0, 0.05) is 35.1 Å². The first-order chi connectivity index (χ1) is 33.9. The molecule has 0 aliphatic heterocycles. The fourth-order valence-electron chi connectivity index (χ4n) is 7.43. The summed E-state index contributed by atoms with van der Waals surface area (Å²) >= 11 is 0. The summed E-state index contributed by atoms with van der Waals surface area (Å²) in [6.45, 7) is 8.37. The van der Waals surface area contributed by atoms with Crippen molar-refractivity contribution in [3.05, 3.63) is 129 Å². The Hall–Kier alpha value is -6.96. The molecule has 0 saturated heterocycles. The van der Waals surface area contributed by atoms with Crippen molar-refractivity contribution in [1.29, 1.82) is 0 Å². The SMILES string of the molecule is CCCCCCCC(=O)c1ccc(OC(=O)OCCCCC)c(C(=O)c2ccccc2C(=O)OOC(=O)c2ccccc2C(=O)c2cc(C(=O)CCCCCCC)ccc2OC(=O)OCCCCC)c1. The van der Waals surface area contributed by atoms with Gasteiger partial charge in [-0.3, -0.25) is 19.2 Å². The molecule has 4 aromatic carbocycles. The van der Waals surface area contributed by atoms with Crippen LogP contribution in [0.15, 0.2) is 84.9 Å². The molecule has 4 rings (SSSR count). The Bertz CT molecular complexity index is 2250. The average Bonchev–Trinajstić information content (AvgIpc) is 3.37. The minimum Gasteiger partial charge on any atom is -0.434 e. The van der Waals surface area contributed by atoms with Crippen molar-refractivity contribution in [2.45, 2.75) is 143 Å². The zero-order valence-electron chi connectivity index (χ0n) is 40.9. The largest absolute Gasteiger partial charge is 0.513 e. The van der Waals surface area contributed by atoms with Crippen molar-refractivity contribution in [2.75, 3.05) is 13.2 Å². The van der Waals surface area contributed by atoms with Gasteiger partial charge < -0.3 is 18.9 Å². The van der Waals surface area contributed by atoms with Crippen LogP contribution in [-0.2, 0) is 19.2 Å². The standard InChI is InChI=1S/C56H66O14/c1-5-9-13-15-17-29-47(57)39-31-33-49(67-55(63)65-35-23-11-7-3)45(37-39)51(59)41-25-19-21-27-43(41)53(61)69-70-54(62)44-28-22-20-26-42(44)52(60)46-38-40(48(58)30-18-16-14-10-6-2)32-34-50(46)68-56(64)66-36-24-12-8-4/h19-22,25-28,31-34,37-38H,5-18,23-24,29-30,35-36H2,1-4H3. The summed E-state index contributed by atoms with van der Waals surface area (Å²) in [4.78, 5) is 118. The maximum absolute atomic E-state index is 14.4. The number of hydrogen-bond acceptors (Lipinski definition) is 14. The third-order valence-electron chi connectivity index (χ3n) is 11.4. The van der Waals surface area contributed by atoms with Gasteiger partial charge in [-0.05, 0) is 74.2 Å². The highest BCUT2D eigenvalue weighted by Crippen LogP contribution is 2.29. The Morgan fingerprint density at radius 3 is 1.09 bits per heavy atom. The highest BCUT2D eigenvalue weighted by Gasteiger charge is 2.28. The molecule has 70 heavy (non-hydrogen) atoms. The van der Waals surface area contributed by atoms with E-state index in [4.69, 9.17) is 28.7 Å². The quantitative estimate of drug-likeness (QED) is 0.0120. The lowest BCUT2D eigenvalue weighted by molar-refractivity contribution is -0.187. The normalized spacial score (nSPS) is 10.7. The molecule has 0 unspecified atom stereocenters. The Morgan fingerprint density at radius 1 is 0.371 bits per heavy atom. The van der Waals surface area contributed by atoms with Crippen LogP contribution >= 0.6 is 0 Å². The lowest BCUT2D eigenvalue weighted by Crippen LogP contribution is -2.19. The molecular weight excluding hydrogens is 897 g/mol. The van der Waals surface area contributed by atoms with E-state index in [-0.39, 0.29) is 93.6 Å². The molecule has 0 amide bonds. The molecule has 14 heteroatoms. The first kappa shape index (κ1) is 55.6. The molecule has 0 bridgehead atoms. The van der Waals surface area contributed by atoms with Gasteiger partial charge in [0.25, 0.3) is 0 Å². The topological polar surface area (TPSA) is 192 Å². The molecule has 0 radical (unpaired) electrons. The summed E-state index contributed by atoms with van der Waals surface area (Å²) in [5.74, 6) is -5.06. The summed E-state index contributed by atoms with van der Waals surface area (Å²) < 4.78 is 21.3. The van der Waals surface area contributed by atoms with Crippen molar-refractivity contribution in [3.8, 4) is 11.5 Å². The van der Waals surface area contributed by atoms with Crippen molar-refractivity contribution in [1.82, 2.24) is 0 Å².